The van der Waals surface area contributed by atoms with Crippen molar-refractivity contribution in [3.63, 3.8) is 0 Å². The summed E-state index contributed by atoms with van der Waals surface area (Å²) < 4.78 is 0. The number of benzene rings is 1. The van der Waals surface area contributed by atoms with Gasteiger partial charge in [0.1, 0.15) is 36.3 Å². The predicted molar refractivity (Wildman–Crippen MR) is 205 cm³/mol. The number of amides is 8. The van der Waals surface area contributed by atoms with Gasteiger partial charge in [-0.25, -0.2) is 0 Å². The number of primary amides is 2. The standard InChI is InChI=1S/C35H56N10O14/c1-18(49)28(45-32(55)23(14-26(37)50)43-30(53)20(36)15-46)34(57)44-24(16-47)33(56)42-21(29(38)52)9-10-27(51)39-11-5-6-12-40-31(54)22(41-25(17-48)35(58)59)13-19-7-3-2-4-8-19/h2-4,7-8,18,20-25,28,41,46-49H,5-6,9-17,36H2,1H3,(H2,37,50)(H2,38,52)(H,39,51)(H,40,54)(H,42,56)(H,43,53)(H,44,57)(H,45,55)(H,58,59)/t18-,20+,21?,22?,23+,24+,25-,28+/m1/s1. The molecule has 1 aromatic carbocycles. The van der Waals surface area contributed by atoms with Gasteiger partial charge in [0.15, 0.2) is 0 Å². The number of carboxylic acids is 1. The van der Waals surface area contributed by atoms with Crippen LogP contribution in [0.15, 0.2) is 30.3 Å². The Balaban J connectivity index is 2.69. The molecular weight excluding hydrogens is 784 g/mol. The summed E-state index contributed by atoms with van der Waals surface area (Å²) in [5.41, 5.74) is 16.7. The van der Waals surface area contributed by atoms with Crippen LogP contribution in [0, 0.1) is 0 Å². The smallest absolute Gasteiger partial charge is 0.323 e. The third kappa shape index (κ3) is 19.5. The molecule has 24 nitrogen and oxygen atoms in total. The highest BCUT2D eigenvalue weighted by atomic mass is 16.4. The van der Waals surface area contributed by atoms with Crippen LogP contribution in [0.1, 0.15) is 44.6 Å². The highest BCUT2D eigenvalue weighted by Crippen LogP contribution is 2.06. The summed E-state index contributed by atoms with van der Waals surface area (Å²) >= 11 is 0. The molecule has 8 amide bonds. The first-order valence-electron chi connectivity index (χ1n) is 18.5. The molecule has 2 unspecified atom stereocenters. The van der Waals surface area contributed by atoms with Crippen molar-refractivity contribution in [2.24, 2.45) is 17.2 Å². The molecule has 0 saturated heterocycles. The lowest BCUT2D eigenvalue weighted by Crippen LogP contribution is -2.62. The van der Waals surface area contributed by atoms with Crippen molar-refractivity contribution in [1.82, 2.24) is 37.2 Å². The fourth-order valence-electron chi connectivity index (χ4n) is 5.14. The van der Waals surface area contributed by atoms with Crippen LogP contribution >= 0.6 is 0 Å². The lowest BCUT2D eigenvalue weighted by atomic mass is 10.0. The van der Waals surface area contributed by atoms with Crippen LogP contribution in [0.5, 0.6) is 0 Å². The molecule has 0 fully saturated rings. The van der Waals surface area contributed by atoms with Crippen LogP contribution in [0.3, 0.4) is 0 Å². The number of hydrogen-bond acceptors (Lipinski definition) is 15. The average Bonchev–Trinajstić information content (AvgIpc) is 3.18. The normalized spacial score (nSPS) is 15.0. The van der Waals surface area contributed by atoms with Gasteiger partial charge in [0.2, 0.25) is 47.3 Å². The van der Waals surface area contributed by atoms with E-state index < -0.39 is 128 Å². The molecule has 59 heavy (non-hydrogen) atoms. The number of carbonyl (C=O) groups is 9. The maximum atomic E-state index is 13.0. The molecule has 0 aliphatic carbocycles. The first kappa shape index (κ1) is 51.2. The molecule has 0 bridgehead atoms. The number of carbonyl (C=O) groups excluding carboxylic acids is 8. The van der Waals surface area contributed by atoms with E-state index in [9.17, 15) is 63.6 Å². The van der Waals surface area contributed by atoms with Crippen molar-refractivity contribution < 1.29 is 68.7 Å². The van der Waals surface area contributed by atoms with Crippen LogP contribution in [-0.4, -0.2) is 160 Å². The topological polar surface area (TPSA) is 417 Å². The number of aliphatic hydroxyl groups is 4. The van der Waals surface area contributed by atoms with Crippen molar-refractivity contribution in [1.29, 1.82) is 0 Å². The summed E-state index contributed by atoms with van der Waals surface area (Å²) in [6.07, 6.45) is -2.04. The van der Waals surface area contributed by atoms with Crippen molar-refractivity contribution in [2.75, 3.05) is 32.9 Å². The summed E-state index contributed by atoms with van der Waals surface area (Å²) in [7, 11) is 0. The predicted octanol–water partition coefficient (Wildman–Crippen LogP) is -7.58. The zero-order chi connectivity index (χ0) is 44.7. The number of nitrogens with two attached hydrogens (primary N) is 3. The summed E-state index contributed by atoms with van der Waals surface area (Å²) in [6.45, 7) is -1.16. The average molecular weight is 841 g/mol. The molecule has 8 atom stereocenters. The first-order valence-corrected chi connectivity index (χ1v) is 18.5. The molecule has 0 heterocycles. The van der Waals surface area contributed by atoms with Gasteiger partial charge in [-0.3, -0.25) is 48.5 Å². The molecule has 0 aromatic heterocycles. The number of hydrogen-bond donors (Lipinski definition) is 15. The number of unbranched alkanes of at least 4 members (excludes halogenated alkanes) is 1. The van der Waals surface area contributed by atoms with E-state index in [2.05, 4.69) is 37.2 Å². The Labute approximate surface area is 338 Å². The van der Waals surface area contributed by atoms with Gasteiger partial charge in [-0.15, -0.1) is 0 Å². The zero-order valence-electron chi connectivity index (χ0n) is 32.4. The third-order valence-electron chi connectivity index (χ3n) is 8.48. The van der Waals surface area contributed by atoms with Gasteiger partial charge in [0.05, 0.1) is 38.4 Å². The van der Waals surface area contributed by atoms with Gasteiger partial charge in [0, 0.05) is 19.5 Å². The monoisotopic (exact) mass is 840 g/mol. The van der Waals surface area contributed by atoms with E-state index in [0.29, 0.717) is 12.8 Å². The summed E-state index contributed by atoms with van der Waals surface area (Å²) in [4.78, 5) is 111. The lowest BCUT2D eigenvalue weighted by Gasteiger charge is -2.26. The quantitative estimate of drug-likeness (QED) is 0.0333. The number of rotatable bonds is 29. The van der Waals surface area contributed by atoms with Crippen molar-refractivity contribution in [3.8, 4) is 0 Å². The van der Waals surface area contributed by atoms with E-state index in [0.717, 1.165) is 12.5 Å². The lowest BCUT2D eigenvalue weighted by molar-refractivity contribution is -0.141. The Morgan fingerprint density at radius 3 is 1.75 bits per heavy atom. The summed E-state index contributed by atoms with van der Waals surface area (Å²) in [6, 6.07) is -1.67. The molecule has 24 heteroatoms. The largest absolute Gasteiger partial charge is 0.480 e. The number of nitrogens with one attached hydrogen (secondary N) is 7. The third-order valence-corrected chi connectivity index (χ3v) is 8.48. The second-order valence-electron chi connectivity index (χ2n) is 13.3. The molecule has 0 spiro atoms. The number of carboxylic acid groups (broad SMARTS) is 1. The zero-order valence-corrected chi connectivity index (χ0v) is 32.4. The number of aliphatic carboxylic acids is 1. The van der Waals surface area contributed by atoms with E-state index >= 15 is 0 Å². The summed E-state index contributed by atoms with van der Waals surface area (Å²) in [5.74, 6) is -9.02. The Morgan fingerprint density at radius 1 is 0.661 bits per heavy atom. The molecule has 0 saturated carbocycles. The van der Waals surface area contributed by atoms with E-state index in [-0.39, 0.29) is 32.4 Å². The van der Waals surface area contributed by atoms with Gasteiger partial charge in [-0.05, 0) is 38.2 Å². The Bertz CT molecular complexity index is 1580. The maximum absolute atomic E-state index is 13.0. The van der Waals surface area contributed by atoms with Crippen molar-refractivity contribution in [3.05, 3.63) is 35.9 Å². The molecule has 1 rings (SSSR count). The van der Waals surface area contributed by atoms with Gasteiger partial charge in [0.25, 0.3) is 0 Å². The highest BCUT2D eigenvalue weighted by Gasteiger charge is 2.34. The van der Waals surface area contributed by atoms with E-state index in [1.165, 1.54) is 0 Å². The minimum absolute atomic E-state index is 0.158. The van der Waals surface area contributed by atoms with E-state index in [1.54, 1.807) is 30.3 Å². The summed E-state index contributed by atoms with van der Waals surface area (Å²) in [5, 5.41) is 64.3. The highest BCUT2D eigenvalue weighted by molar-refractivity contribution is 5.97. The molecule has 330 valence electrons. The first-order chi connectivity index (χ1) is 27.8. The van der Waals surface area contributed by atoms with Crippen LogP contribution in [0.4, 0.5) is 0 Å². The second kappa shape index (κ2) is 27.0. The minimum atomic E-state index is -1.83. The van der Waals surface area contributed by atoms with Crippen LogP contribution < -0.4 is 54.4 Å². The molecule has 18 N–H and O–H groups in total. The van der Waals surface area contributed by atoms with Gasteiger partial charge >= 0.3 is 5.97 Å². The molecular formula is C35H56N10O14. The SMILES string of the molecule is C[C@@H](O)[C@H](NC(=O)[C@H](CC(N)=O)NC(=O)[C@@H](N)CO)C(=O)N[C@@H](CO)C(=O)NC(CCC(=O)NCCCCNC(=O)C(Cc1ccccc1)N[C@H](CO)C(=O)O)C(N)=O. The molecule has 0 radical (unpaired) electrons. The fraction of sp³-hybridized carbons (Fsp3) is 0.571. The van der Waals surface area contributed by atoms with Crippen LogP contribution in [0.25, 0.3) is 0 Å². The Kier molecular flexibility index (Phi) is 23.4. The van der Waals surface area contributed by atoms with E-state index in [1.807, 2.05) is 0 Å². The molecule has 0 aliphatic heterocycles. The van der Waals surface area contributed by atoms with Gasteiger partial charge in [-0.2, -0.15) is 0 Å². The van der Waals surface area contributed by atoms with Gasteiger partial charge < -0.3 is 74.6 Å². The molecule has 0 aliphatic rings. The molecule has 1 aromatic rings. The van der Waals surface area contributed by atoms with Crippen LogP contribution in [0.2, 0.25) is 0 Å². The van der Waals surface area contributed by atoms with E-state index in [4.69, 9.17) is 22.3 Å². The number of aliphatic hydroxyl groups excluding tert-OH is 4. The Hall–Kier alpha value is -5.79. The maximum Gasteiger partial charge on any atom is 0.323 e. The minimum Gasteiger partial charge on any atom is -0.480 e. The van der Waals surface area contributed by atoms with Gasteiger partial charge in [-0.1, -0.05) is 30.3 Å². The fourth-order valence-corrected chi connectivity index (χ4v) is 5.14. The Morgan fingerprint density at radius 2 is 1.22 bits per heavy atom. The van der Waals surface area contributed by atoms with Crippen molar-refractivity contribution >= 4 is 53.2 Å². The van der Waals surface area contributed by atoms with Crippen LogP contribution in [-0.2, 0) is 49.6 Å². The second-order valence-corrected chi connectivity index (χ2v) is 13.3. The van der Waals surface area contributed by atoms with Crippen molar-refractivity contribution in [2.45, 2.75) is 93.8 Å².